The minimum atomic E-state index is -0.336. The molecule has 1 aromatic heterocycles. The summed E-state index contributed by atoms with van der Waals surface area (Å²) in [5.41, 5.74) is 0.733. The molecule has 3 aliphatic rings. The van der Waals surface area contributed by atoms with E-state index in [0.29, 0.717) is 29.6 Å². The molecule has 0 N–H and O–H groups in total. The van der Waals surface area contributed by atoms with Gasteiger partial charge in [0.05, 0.1) is 18.4 Å². The third-order valence-corrected chi connectivity index (χ3v) is 6.32. The van der Waals surface area contributed by atoms with E-state index in [4.69, 9.17) is 16.0 Å². The Bertz CT molecular complexity index is 1030. The molecule has 1 saturated carbocycles. The normalized spacial score (nSPS) is 22.7. The highest BCUT2D eigenvalue weighted by Crippen LogP contribution is 2.35. The van der Waals surface area contributed by atoms with Crippen molar-refractivity contribution in [1.82, 2.24) is 20.0 Å². The van der Waals surface area contributed by atoms with Crippen LogP contribution >= 0.6 is 11.6 Å². The highest BCUT2D eigenvalue weighted by molar-refractivity contribution is 6.30. The number of imide groups is 1. The van der Waals surface area contributed by atoms with Gasteiger partial charge in [0, 0.05) is 16.6 Å². The van der Waals surface area contributed by atoms with Gasteiger partial charge >= 0.3 is 0 Å². The Morgan fingerprint density at radius 2 is 1.71 bits per heavy atom. The summed E-state index contributed by atoms with van der Waals surface area (Å²) in [6.07, 6.45) is 6.73. The highest BCUT2D eigenvalue weighted by atomic mass is 35.5. The van der Waals surface area contributed by atoms with Crippen LogP contribution in [0, 0.1) is 11.8 Å². The fourth-order valence-electron chi connectivity index (χ4n) is 4.23. The van der Waals surface area contributed by atoms with Gasteiger partial charge in [0.15, 0.2) is 0 Å². The van der Waals surface area contributed by atoms with Crippen LogP contribution in [0.2, 0.25) is 5.02 Å². The lowest BCUT2D eigenvalue weighted by atomic mass is 9.85. The van der Waals surface area contributed by atoms with E-state index in [1.165, 1.54) is 0 Å². The quantitative estimate of drug-likeness (QED) is 0.506. The number of hydrogen-bond acceptors (Lipinski definition) is 6. The predicted molar refractivity (Wildman–Crippen MR) is 110 cm³/mol. The maximum atomic E-state index is 13.1. The Balaban J connectivity index is 1.28. The number of rotatable bonds is 6. The number of halogens is 1. The Morgan fingerprint density at radius 1 is 1.06 bits per heavy atom. The number of allylic oxidation sites excluding steroid dienone is 2. The summed E-state index contributed by atoms with van der Waals surface area (Å²) in [7, 11) is 0. The number of aromatic nitrogens is 2. The van der Waals surface area contributed by atoms with E-state index in [9.17, 15) is 14.4 Å². The molecule has 2 aromatic rings. The Hall–Kier alpha value is -3.00. The zero-order valence-corrected chi connectivity index (χ0v) is 17.5. The second kappa shape index (κ2) is 7.92. The van der Waals surface area contributed by atoms with E-state index < -0.39 is 0 Å². The molecule has 0 bridgehead atoms. The van der Waals surface area contributed by atoms with Crippen LogP contribution in [0.5, 0.6) is 0 Å². The van der Waals surface area contributed by atoms with E-state index in [2.05, 4.69) is 10.2 Å². The number of benzene rings is 1. The molecule has 0 spiro atoms. The van der Waals surface area contributed by atoms with Gasteiger partial charge in [-0.25, -0.2) is 0 Å². The van der Waals surface area contributed by atoms with Crippen LogP contribution in [-0.2, 0) is 20.9 Å². The molecular weight excluding hydrogens is 420 g/mol. The third-order valence-electron chi connectivity index (χ3n) is 6.06. The molecule has 2 aliphatic carbocycles. The van der Waals surface area contributed by atoms with Gasteiger partial charge in [-0.05, 0) is 49.9 Å². The average Bonchev–Trinajstić information content (AvgIpc) is 3.47. The molecule has 160 valence electrons. The molecule has 1 saturated heterocycles. The number of hydrogen-bond donors (Lipinski definition) is 0. The lowest BCUT2D eigenvalue weighted by Crippen LogP contribution is -2.43. The Kier molecular flexibility index (Phi) is 5.09. The fourth-order valence-corrected chi connectivity index (χ4v) is 4.36. The SMILES string of the molecule is O=C1C2CC=CCC2C(=O)N1CC(=O)N(Cc1nnc(-c2ccc(Cl)cc2)o1)C1CC1. The standard InChI is InChI=1S/C22H21ClN4O4/c23-14-7-5-13(6-8-14)20-25-24-18(31-20)11-26(15-9-10-15)19(28)12-27-21(29)16-3-1-2-4-17(16)22(27)30/h1-2,5-8,15-17H,3-4,9-12H2. The molecule has 2 unspecified atom stereocenters. The molecule has 2 heterocycles. The van der Waals surface area contributed by atoms with Gasteiger partial charge in [-0.15, -0.1) is 10.2 Å². The predicted octanol–water partition coefficient (Wildman–Crippen LogP) is 2.83. The van der Waals surface area contributed by atoms with E-state index in [1.54, 1.807) is 29.2 Å². The van der Waals surface area contributed by atoms with Crippen LogP contribution in [0.4, 0.5) is 0 Å². The number of fused-ring (bicyclic) bond motifs is 1. The number of carbonyl (C=O) groups is 3. The van der Waals surface area contributed by atoms with E-state index in [1.807, 2.05) is 12.2 Å². The Labute approximate surface area is 183 Å². The average molecular weight is 441 g/mol. The zero-order chi connectivity index (χ0) is 21.5. The lowest BCUT2D eigenvalue weighted by Gasteiger charge is -2.23. The monoisotopic (exact) mass is 440 g/mol. The number of likely N-dealkylation sites (tertiary alicyclic amines) is 1. The van der Waals surface area contributed by atoms with Crippen molar-refractivity contribution < 1.29 is 18.8 Å². The first-order valence-electron chi connectivity index (χ1n) is 10.4. The van der Waals surface area contributed by atoms with E-state index in [-0.39, 0.29) is 48.7 Å². The fraction of sp³-hybridized carbons (Fsp3) is 0.409. The first-order valence-corrected chi connectivity index (χ1v) is 10.8. The van der Waals surface area contributed by atoms with Crippen molar-refractivity contribution in [3.63, 3.8) is 0 Å². The summed E-state index contributed by atoms with van der Waals surface area (Å²) >= 11 is 5.91. The molecule has 5 rings (SSSR count). The minimum Gasteiger partial charge on any atom is -0.419 e. The zero-order valence-electron chi connectivity index (χ0n) is 16.7. The molecule has 31 heavy (non-hydrogen) atoms. The van der Waals surface area contributed by atoms with Crippen molar-refractivity contribution in [2.75, 3.05) is 6.54 Å². The van der Waals surface area contributed by atoms with E-state index >= 15 is 0 Å². The summed E-state index contributed by atoms with van der Waals surface area (Å²) in [6, 6.07) is 7.09. The largest absolute Gasteiger partial charge is 0.419 e. The van der Waals surface area contributed by atoms with Gasteiger partial charge in [-0.1, -0.05) is 23.8 Å². The minimum absolute atomic E-state index is 0.0649. The lowest BCUT2D eigenvalue weighted by molar-refractivity contribution is -0.147. The molecule has 1 aliphatic heterocycles. The van der Waals surface area contributed by atoms with Gasteiger partial charge in [-0.3, -0.25) is 19.3 Å². The van der Waals surface area contributed by atoms with Crippen molar-refractivity contribution in [1.29, 1.82) is 0 Å². The molecule has 9 heteroatoms. The second-order valence-corrected chi connectivity index (χ2v) is 8.62. The van der Waals surface area contributed by atoms with Crippen molar-refractivity contribution in [2.45, 2.75) is 38.3 Å². The van der Waals surface area contributed by atoms with Crippen LogP contribution in [0.3, 0.4) is 0 Å². The Morgan fingerprint density at radius 3 is 2.32 bits per heavy atom. The summed E-state index contributed by atoms with van der Waals surface area (Å²) in [4.78, 5) is 41.2. The van der Waals surface area contributed by atoms with Crippen LogP contribution in [-0.4, -0.2) is 50.3 Å². The van der Waals surface area contributed by atoms with Crippen LogP contribution in [0.1, 0.15) is 31.6 Å². The smallest absolute Gasteiger partial charge is 0.247 e. The maximum absolute atomic E-state index is 13.1. The number of carbonyl (C=O) groups excluding carboxylic acids is 3. The summed E-state index contributed by atoms with van der Waals surface area (Å²) < 4.78 is 5.74. The van der Waals surface area contributed by atoms with Gasteiger partial charge in [0.25, 0.3) is 0 Å². The van der Waals surface area contributed by atoms with Crippen LogP contribution in [0.25, 0.3) is 11.5 Å². The van der Waals surface area contributed by atoms with Crippen molar-refractivity contribution >= 4 is 29.3 Å². The van der Waals surface area contributed by atoms with Crippen LogP contribution in [0.15, 0.2) is 40.8 Å². The molecule has 0 radical (unpaired) electrons. The second-order valence-electron chi connectivity index (χ2n) is 8.18. The van der Waals surface area contributed by atoms with Gasteiger partial charge in [0.2, 0.25) is 29.5 Å². The first kappa shape index (κ1) is 19.9. The van der Waals surface area contributed by atoms with Gasteiger partial charge in [-0.2, -0.15) is 0 Å². The number of amides is 3. The molecule has 8 nitrogen and oxygen atoms in total. The first-order chi connectivity index (χ1) is 15.0. The molecule has 3 amide bonds. The van der Waals surface area contributed by atoms with Crippen molar-refractivity contribution in [3.05, 3.63) is 47.3 Å². The van der Waals surface area contributed by atoms with Gasteiger partial charge < -0.3 is 9.32 Å². The van der Waals surface area contributed by atoms with Crippen molar-refractivity contribution in [3.8, 4) is 11.5 Å². The van der Waals surface area contributed by atoms with Gasteiger partial charge in [0.1, 0.15) is 6.54 Å². The highest BCUT2D eigenvalue weighted by Gasteiger charge is 2.48. The van der Waals surface area contributed by atoms with Crippen molar-refractivity contribution in [2.24, 2.45) is 11.8 Å². The van der Waals surface area contributed by atoms with Crippen LogP contribution < -0.4 is 0 Å². The number of nitrogens with zero attached hydrogens (tertiary/aromatic N) is 4. The summed E-state index contributed by atoms with van der Waals surface area (Å²) in [5.74, 6) is -0.784. The molecular formula is C22H21ClN4O4. The third kappa shape index (κ3) is 3.87. The summed E-state index contributed by atoms with van der Waals surface area (Å²) in [6.45, 7) is -0.0892. The molecule has 2 fully saturated rings. The summed E-state index contributed by atoms with van der Waals surface area (Å²) in [5, 5.41) is 8.74. The van der Waals surface area contributed by atoms with E-state index in [0.717, 1.165) is 23.3 Å². The molecule has 2 atom stereocenters. The molecule has 1 aromatic carbocycles. The maximum Gasteiger partial charge on any atom is 0.247 e. The topological polar surface area (TPSA) is 96.6 Å².